The Bertz CT molecular complexity index is 457. The number of hydrogen-bond acceptors (Lipinski definition) is 3. The summed E-state index contributed by atoms with van der Waals surface area (Å²) in [7, 11) is 0. The normalized spacial score (nSPS) is 21.3. The summed E-state index contributed by atoms with van der Waals surface area (Å²) in [6.45, 7) is 4.50. The van der Waals surface area contributed by atoms with E-state index in [4.69, 9.17) is 0 Å². The minimum Gasteiger partial charge on any atom is -0.314 e. The van der Waals surface area contributed by atoms with Crippen molar-refractivity contribution in [1.82, 2.24) is 10.2 Å². The summed E-state index contributed by atoms with van der Waals surface area (Å²) in [5, 5.41) is 3.32. The maximum absolute atomic E-state index is 12.3. The Hall–Kier alpha value is -1.19. The van der Waals surface area contributed by atoms with Crippen LogP contribution in [0.4, 0.5) is 0 Å². The van der Waals surface area contributed by atoms with Crippen LogP contribution in [0.5, 0.6) is 0 Å². The fraction of sp³-hybridized carbons (Fsp3) is 0.611. The van der Waals surface area contributed by atoms with Crippen LogP contribution in [-0.2, 0) is 0 Å². The number of piperazine rings is 1. The molecule has 1 saturated heterocycles. The molecule has 0 bridgehead atoms. The Morgan fingerprint density at radius 1 is 1.05 bits per heavy atom. The monoisotopic (exact) mass is 286 g/mol. The van der Waals surface area contributed by atoms with E-state index in [0.717, 1.165) is 37.7 Å². The smallest absolute Gasteiger partial charge is 0.176 e. The first kappa shape index (κ1) is 14.7. The number of Topliss-reactive ketones (excluding diaryl/α,β-unsaturated/α-hetero) is 1. The van der Waals surface area contributed by atoms with Crippen LogP contribution in [0.25, 0.3) is 0 Å². The van der Waals surface area contributed by atoms with Crippen molar-refractivity contribution >= 4 is 5.78 Å². The third kappa shape index (κ3) is 3.92. The lowest BCUT2D eigenvalue weighted by Crippen LogP contribution is -2.45. The van der Waals surface area contributed by atoms with Gasteiger partial charge >= 0.3 is 0 Å². The average Bonchev–Trinajstić information content (AvgIpc) is 2.57. The first-order chi connectivity index (χ1) is 10.3. The minimum absolute atomic E-state index is 0.257. The number of carbonyl (C=O) groups is 1. The highest BCUT2D eigenvalue weighted by atomic mass is 16.1. The van der Waals surface area contributed by atoms with Crippen LogP contribution in [0.1, 0.15) is 53.9 Å². The highest BCUT2D eigenvalue weighted by molar-refractivity contribution is 5.97. The number of rotatable bonds is 4. The van der Waals surface area contributed by atoms with E-state index >= 15 is 0 Å². The first-order valence-electron chi connectivity index (χ1n) is 8.39. The molecule has 21 heavy (non-hydrogen) atoms. The average molecular weight is 286 g/mol. The molecule has 1 aliphatic heterocycles. The zero-order valence-electron chi connectivity index (χ0n) is 12.8. The molecule has 3 nitrogen and oxygen atoms in total. The maximum atomic E-state index is 12.3. The summed E-state index contributed by atoms with van der Waals surface area (Å²) in [5.41, 5.74) is 2.29. The van der Waals surface area contributed by atoms with E-state index in [0.29, 0.717) is 6.54 Å². The SMILES string of the molecule is O=C(CN1CCNCC1)c1ccc(C2CCCCC2)cc1. The van der Waals surface area contributed by atoms with Crippen molar-refractivity contribution in [3.8, 4) is 0 Å². The van der Waals surface area contributed by atoms with Crippen LogP contribution < -0.4 is 5.32 Å². The summed E-state index contributed by atoms with van der Waals surface area (Å²) >= 11 is 0. The van der Waals surface area contributed by atoms with E-state index in [-0.39, 0.29) is 5.78 Å². The minimum atomic E-state index is 0.257. The van der Waals surface area contributed by atoms with Crippen LogP contribution >= 0.6 is 0 Å². The van der Waals surface area contributed by atoms with Gasteiger partial charge in [0, 0.05) is 31.7 Å². The highest BCUT2D eigenvalue weighted by Gasteiger charge is 2.17. The van der Waals surface area contributed by atoms with Crippen molar-refractivity contribution in [3.63, 3.8) is 0 Å². The molecule has 1 saturated carbocycles. The predicted octanol–water partition coefficient (Wildman–Crippen LogP) is 2.82. The summed E-state index contributed by atoms with van der Waals surface area (Å²) in [5.74, 6) is 0.975. The van der Waals surface area contributed by atoms with Gasteiger partial charge in [-0.1, -0.05) is 43.5 Å². The number of nitrogens with zero attached hydrogens (tertiary/aromatic N) is 1. The van der Waals surface area contributed by atoms with E-state index < -0.39 is 0 Å². The van der Waals surface area contributed by atoms with E-state index in [9.17, 15) is 4.79 Å². The van der Waals surface area contributed by atoms with Crippen molar-refractivity contribution in [1.29, 1.82) is 0 Å². The third-order valence-electron chi connectivity index (χ3n) is 4.89. The summed E-state index contributed by atoms with van der Waals surface area (Å²) in [6, 6.07) is 8.44. The summed E-state index contributed by atoms with van der Waals surface area (Å²) in [4.78, 5) is 14.6. The second kappa shape index (κ2) is 7.19. The Labute approximate surface area is 127 Å². The molecule has 3 heteroatoms. The van der Waals surface area contributed by atoms with Gasteiger partial charge in [-0.25, -0.2) is 0 Å². The Morgan fingerprint density at radius 3 is 2.38 bits per heavy atom. The quantitative estimate of drug-likeness (QED) is 0.864. The van der Waals surface area contributed by atoms with Gasteiger partial charge in [0.15, 0.2) is 5.78 Å². The topological polar surface area (TPSA) is 32.3 Å². The van der Waals surface area contributed by atoms with Gasteiger partial charge in [0.25, 0.3) is 0 Å². The molecule has 0 atom stereocenters. The summed E-state index contributed by atoms with van der Waals surface area (Å²) in [6.07, 6.45) is 6.72. The number of carbonyl (C=O) groups excluding carboxylic acids is 1. The molecule has 0 aromatic heterocycles. The van der Waals surface area contributed by atoms with Gasteiger partial charge in [0.1, 0.15) is 0 Å². The molecular formula is C18H26N2O. The van der Waals surface area contributed by atoms with E-state index in [1.54, 1.807) is 0 Å². The van der Waals surface area contributed by atoms with Crippen LogP contribution in [-0.4, -0.2) is 43.4 Å². The zero-order valence-corrected chi connectivity index (χ0v) is 12.8. The van der Waals surface area contributed by atoms with Gasteiger partial charge in [0.2, 0.25) is 0 Å². The number of hydrogen-bond donors (Lipinski definition) is 1. The molecule has 2 aliphatic rings. The second-order valence-electron chi connectivity index (χ2n) is 6.41. The molecule has 1 aromatic carbocycles. The van der Waals surface area contributed by atoms with Crippen LogP contribution in [0.2, 0.25) is 0 Å². The first-order valence-corrected chi connectivity index (χ1v) is 8.39. The maximum Gasteiger partial charge on any atom is 0.176 e. The standard InChI is InChI=1S/C18H26N2O/c21-18(14-20-12-10-19-11-13-20)17-8-6-16(7-9-17)15-4-2-1-3-5-15/h6-9,15,19H,1-5,10-14H2. The molecule has 1 N–H and O–H groups in total. The van der Waals surface area contributed by atoms with Crippen LogP contribution in [0.3, 0.4) is 0 Å². The van der Waals surface area contributed by atoms with Crippen molar-refractivity contribution in [2.75, 3.05) is 32.7 Å². The van der Waals surface area contributed by atoms with E-state index in [2.05, 4.69) is 22.3 Å². The Kier molecular flexibility index (Phi) is 5.04. The van der Waals surface area contributed by atoms with Crippen LogP contribution in [0.15, 0.2) is 24.3 Å². The molecule has 2 fully saturated rings. The third-order valence-corrected chi connectivity index (χ3v) is 4.89. The van der Waals surface area contributed by atoms with Crippen molar-refractivity contribution in [2.24, 2.45) is 0 Å². The van der Waals surface area contributed by atoms with Gasteiger partial charge < -0.3 is 5.32 Å². The second-order valence-corrected chi connectivity index (χ2v) is 6.41. The molecule has 0 spiro atoms. The fourth-order valence-electron chi connectivity index (χ4n) is 3.54. The molecule has 114 valence electrons. The van der Waals surface area contributed by atoms with Crippen molar-refractivity contribution in [3.05, 3.63) is 35.4 Å². The molecule has 0 unspecified atom stereocenters. The lowest BCUT2D eigenvalue weighted by atomic mass is 9.84. The lowest BCUT2D eigenvalue weighted by molar-refractivity contribution is 0.0921. The van der Waals surface area contributed by atoms with E-state index in [1.807, 2.05) is 12.1 Å². The molecule has 0 amide bonds. The van der Waals surface area contributed by atoms with Gasteiger partial charge in [-0.15, -0.1) is 0 Å². The largest absolute Gasteiger partial charge is 0.314 e. The lowest BCUT2D eigenvalue weighted by Gasteiger charge is -2.26. The van der Waals surface area contributed by atoms with Gasteiger partial charge in [-0.2, -0.15) is 0 Å². The Balaban J connectivity index is 1.58. The fourth-order valence-corrected chi connectivity index (χ4v) is 3.54. The molecule has 1 heterocycles. The molecule has 3 rings (SSSR count). The van der Waals surface area contributed by atoms with Crippen molar-refractivity contribution < 1.29 is 4.79 Å². The number of benzene rings is 1. The Morgan fingerprint density at radius 2 is 1.71 bits per heavy atom. The number of ketones is 1. The van der Waals surface area contributed by atoms with E-state index in [1.165, 1.54) is 37.7 Å². The van der Waals surface area contributed by atoms with Gasteiger partial charge in [0.05, 0.1) is 6.54 Å². The van der Waals surface area contributed by atoms with Gasteiger partial charge in [-0.05, 0) is 24.3 Å². The van der Waals surface area contributed by atoms with Gasteiger partial charge in [-0.3, -0.25) is 9.69 Å². The zero-order chi connectivity index (χ0) is 14.5. The summed E-state index contributed by atoms with van der Waals surface area (Å²) < 4.78 is 0. The molecule has 0 radical (unpaired) electrons. The molecule has 1 aliphatic carbocycles. The molecular weight excluding hydrogens is 260 g/mol. The highest BCUT2D eigenvalue weighted by Crippen LogP contribution is 2.32. The van der Waals surface area contributed by atoms with Crippen LogP contribution in [0, 0.1) is 0 Å². The number of nitrogens with one attached hydrogen (secondary N) is 1. The predicted molar refractivity (Wildman–Crippen MR) is 85.9 cm³/mol. The van der Waals surface area contributed by atoms with Crippen molar-refractivity contribution in [2.45, 2.75) is 38.0 Å². The molecule has 1 aromatic rings.